The number of allylic oxidation sites excluding steroid dienone is 10. The molecule has 80 heavy (non-hydrogen) atoms. The van der Waals surface area contributed by atoms with Gasteiger partial charge in [-0.1, -0.05) is 312 Å². The Morgan fingerprint density at radius 1 is 0.400 bits per heavy atom. The third kappa shape index (κ3) is 64.9. The van der Waals surface area contributed by atoms with Gasteiger partial charge in [0.15, 0.2) is 6.10 Å². The van der Waals surface area contributed by atoms with Gasteiger partial charge in [-0.05, 0) is 57.8 Å². The van der Waals surface area contributed by atoms with Crippen molar-refractivity contribution in [2.24, 2.45) is 0 Å². The van der Waals surface area contributed by atoms with Gasteiger partial charge in [-0.25, -0.2) is 4.57 Å². The molecule has 9 nitrogen and oxygen atoms in total. The summed E-state index contributed by atoms with van der Waals surface area (Å²) in [4.78, 5) is 35.8. The zero-order valence-corrected chi connectivity index (χ0v) is 54.2. The largest absolute Gasteiger partial charge is 0.472 e. The second kappa shape index (κ2) is 61.3. The molecule has 0 aliphatic heterocycles. The molecule has 0 saturated heterocycles. The van der Waals surface area contributed by atoms with E-state index in [0.29, 0.717) is 23.9 Å². The van der Waals surface area contributed by atoms with Crippen molar-refractivity contribution in [3.05, 3.63) is 60.8 Å². The number of carbonyl (C=O) groups is 2. The van der Waals surface area contributed by atoms with Crippen LogP contribution < -0.4 is 0 Å². The molecule has 2 unspecified atom stereocenters. The van der Waals surface area contributed by atoms with E-state index in [-0.39, 0.29) is 25.6 Å². The highest BCUT2D eigenvalue weighted by Crippen LogP contribution is 2.43. The molecular weight excluding hydrogens is 1010 g/mol. The van der Waals surface area contributed by atoms with Crippen LogP contribution in [0.2, 0.25) is 0 Å². The maximum Gasteiger partial charge on any atom is 0.472 e. The lowest BCUT2D eigenvalue weighted by atomic mass is 10.0. The van der Waals surface area contributed by atoms with Gasteiger partial charge in [-0.15, -0.1) is 0 Å². The first-order valence-corrected chi connectivity index (χ1v) is 35.5. The number of hydrogen-bond acceptors (Lipinski definition) is 7. The van der Waals surface area contributed by atoms with E-state index in [0.717, 1.165) is 64.2 Å². The minimum atomic E-state index is -4.39. The maximum absolute atomic E-state index is 12.9. The minimum absolute atomic E-state index is 0.0333. The molecule has 0 aromatic heterocycles. The van der Waals surface area contributed by atoms with Crippen molar-refractivity contribution in [2.45, 2.75) is 328 Å². The highest BCUT2D eigenvalue weighted by Gasteiger charge is 2.27. The Bertz CT molecular complexity index is 1530. The van der Waals surface area contributed by atoms with Crippen molar-refractivity contribution >= 4 is 19.8 Å². The van der Waals surface area contributed by atoms with Gasteiger partial charge in [0.25, 0.3) is 0 Å². The molecule has 0 aliphatic carbocycles. The van der Waals surface area contributed by atoms with Crippen molar-refractivity contribution in [2.75, 3.05) is 47.5 Å². The molecule has 0 aliphatic rings. The predicted molar refractivity (Wildman–Crippen MR) is 344 cm³/mol. The molecule has 0 aromatic carbocycles. The van der Waals surface area contributed by atoms with Crippen LogP contribution in [0.5, 0.6) is 0 Å². The zero-order valence-electron chi connectivity index (χ0n) is 53.3. The number of likely N-dealkylation sites (N-methyl/N-ethyl adjacent to an activating group) is 1. The molecule has 0 saturated carbocycles. The van der Waals surface area contributed by atoms with Crippen LogP contribution in [0, 0.1) is 0 Å². The second-order valence-corrected chi connectivity index (χ2v) is 25.6. The highest BCUT2D eigenvalue weighted by atomic mass is 31.2. The zero-order chi connectivity index (χ0) is 58.4. The Balaban J connectivity index is 4.02. The molecule has 0 aromatic rings. The molecule has 0 heterocycles. The van der Waals surface area contributed by atoms with Crippen molar-refractivity contribution in [3.63, 3.8) is 0 Å². The molecule has 10 heteroatoms. The minimum Gasteiger partial charge on any atom is -0.462 e. The molecule has 1 N–H and O–H groups in total. The van der Waals surface area contributed by atoms with Gasteiger partial charge < -0.3 is 18.9 Å². The number of phosphoric acid groups is 1. The van der Waals surface area contributed by atoms with Gasteiger partial charge in [0, 0.05) is 12.8 Å². The van der Waals surface area contributed by atoms with Gasteiger partial charge in [0.05, 0.1) is 27.7 Å². The number of unbranched alkanes of at least 4 members (excludes halogenated alkanes) is 39. The first-order chi connectivity index (χ1) is 39.0. The summed E-state index contributed by atoms with van der Waals surface area (Å²) in [6.07, 6.45) is 80.3. The van der Waals surface area contributed by atoms with E-state index in [1.807, 2.05) is 21.1 Å². The molecule has 468 valence electrons. The van der Waals surface area contributed by atoms with Gasteiger partial charge >= 0.3 is 19.8 Å². The lowest BCUT2D eigenvalue weighted by Crippen LogP contribution is -2.37. The van der Waals surface area contributed by atoms with Crippen LogP contribution in [0.25, 0.3) is 0 Å². The summed E-state index contributed by atoms with van der Waals surface area (Å²) in [7, 11) is 1.49. The molecule has 0 bridgehead atoms. The first-order valence-electron chi connectivity index (χ1n) is 34.0. The average Bonchev–Trinajstić information content (AvgIpc) is 3.42. The van der Waals surface area contributed by atoms with Crippen LogP contribution in [0.4, 0.5) is 0 Å². The normalized spacial score (nSPS) is 13.5. The van der Waals surface area contributed by atoms with Gasteiger partial charge in [0.2, 0.25) is 0 Å². The third-order valence-corrected chi connectivity index (χ3v) is 16.0. The number of nitrogens with zero attached hydrogens (tertiary/aromatic N) is 1. The molecule has 0 amide bonds. The van der Waals surface area contributed by atoms with Crippen LogP contribution in [-0.4, -0.2) is 74.9 Å². The standard InChI is InChI=1S/C70H130NO8P/c1-6-8-10-12-14-16-18-20-22-24-26-28-30-31-32-33-34-35-36-37-38-39-41-43-45-47-49-51-53-55-57-59-61-63-70(73)79-68(67-78-80(74,75)77-65-64-71(3,4)5)66-76-69(72)62-60-58-56-54-52-50-48-46-44-42-40-29-27-25-23-21-19-17-15-13-11-9-7-2/h8,10,14,16,20,22,26,28,31-32,68H,6-7,9,11-13,15,17-19,21,23-25,27,29-30,33-67H2,1-5H3/p+1/b10-8-,16-14-,22-20-,28-26-,32-31-. The number of esters is 2. The average molecular weight is 1150 g/mol. The molecule has 2 atom stereocenters. The van der Waals surface area contributed by atoms with Crippen LogP contribution in [0.1, 0.15) is 322 Å². The van der Waals surface area contributed by atoms with Crippen LogP contribution in [0.15, 0.2) is 60.8 Å². The Morgan fingerprint density at radius 2 is 0.713 bits per heavy atom. The number of rotatable bonds is 63. The smallest absolute Gasteiger partial charge is 0.462 e. The fourth-order valence-electron chi connectivity index (χ4n) is 9.87. The SMILES string of the molecule is CC/C=C\C/C=C\C/C=C\C/C=C\C/C=C\CCCCCCCCCCCCCCCCCCCC(=O)OC(COC(=O)CCCCCCCCCCCCCCCCCCCCCCCCC)COP(=O)(O)OCC[N+](C)(C)C. The van der Waals surface area contributed by atoms with Crippen LogP contribution >= 0.6 is 7.82 Å². The summed E-state index contributed by atoms with van der Waals surface area (Å²) in [6.45, 7) is 4.38. The summed E-state index contributed by atoms with van der Waals surface area (Å²) < 4.78 is 34.7. The second-order valence-electron chi connectivity index (χ2n) is 24.2. The fraction of sp³-hybridized carbons (Fsp3) is 0.829. The monoisotopic (exact) mass is 1140 g/mol. The maximum atomic E-state index is 12.9. The lowest BCUT2D eigenvalue weighted by molar-refractivity contribution is -0.870. The topological polar surface area (TPSA) is 108 Å². The quantitative estimate of drug-likeness (QED) is 0.0211. The number of quaternary nitrogens is 1. The van der Waals surface area contributed by atoms with Crippen LogP contribution in [-0.2, 0) is 32.7 Å². The van der Waals surface area contributed by atoms with Gasteiger partial charge in [-0.3, -0.25) is 18.6 Å². The van der Waals surface area contributed by atoms with Crippen LogP contribution in [0.3, 0.4) is 0 Å². The summed E-state index contributed by atoms with van der Waals surface area (Å²) in [5, 5.41) is 0. The Kier molecular flexibility index (Phi) is 59.5. The Morgan fingerprint density at radius 3 is 1.06 bits per heavy atom. The van der Waals surface area contributed by atoms with Gasteiger partial charge in [0.1, 0.15) is 19.8 Å². The number of ether oxygens (including phenoxy) is 2. The van der Waals surface area contributed by atoms with E-state index in [4.69, 9.17) is 18.5 Å². The van der Waals surface area contributed by atoms with Crippen molar-refractivity contribution in [1.82, 2.24) is 0 Å². The Hall–Kier alpha value is -2.29. The van der Waals surface area contributed by atoms with E-state index < -0.39 is 26.5 Å². The molecule has 0 fully saturated rings. The van der Waals surface area contributed by atoms with E-state index in [2.05, 4.69) is 74.6 Å². The molecule has 0 rings (SSSR count). The summed E-state index contributed by atoms with van der Waals surface area (Å²) >= 11 is 0. The summed E-state index contributed by atoms with van der Waals surface area (Å²) in [5.74, 6) is -0.779. The first kappa shape index (κ1) is 77.7. The highest BCUT2D eigenvalue weighted by molar-refractivity contribution is 7.47. The number of phosphoric ester groups is 1. The molecular formula is C70H131NO8P+. The lowest BCUT2D eigenvalue weighted by Gasteiger charge is -2.24. The summed E-state index contributed by atoms with van der Waals surface area (Å²) in [5.41, 5.74) is 0. The number of hydrogen-bond donors (Lipinski definition) is 1. The Labute approximate surface area is 496 Å². The van der Waals surface area contributed by atoms with E-state index in [1.165, 1.54) is 225 Å². The molecule has 0 spiro atoms. The third-order valence-electron chi connectivity index (χ3n) is 15.1. The summed E-state index contributed by atoms with van der Waals surface area (Å²) in [6, 6.07) is 0. The van der Waals surface area contributed by atoms with Crippen molar-refractivity contribution < 1.29 is 42.1 Å². The van der Waals surface area contributed by atoms with Gasteiger partial charge in [-0.2, -0.15) is 0 Å². The number of carbonyl (C=O) groups excluding carboxylic acids is 2. The van der Waals surface area contributed by atoms with E-state index in [9.17, 15) is 19.0 Å². The van der Waals surface area contributed by atoms with E-state index in [1.54, 1.807) is 0 Å². The molecule has 0 radical (unpaired) electrons. The van der Waals surface area contributed by atoms with Crippen molar-refractivity contribution in [3.8, 4) is 0 Å². The predicted octanol–water partition coefficient (Wildman–Crippen LogP) is 21.8. The van der Waals surface area contributed by atoms with E-state index >= 15 is 0 Å². The fourth-order valence-corrected chi connectivity index (χ4v) is 10.6. The van der Waals surface area contributed by atoms with Crippen molar-refractivity contribution in [1.29, 1.82) is 0 Å².